The molecule has 0 aromatic heterocycles. The van der Waals surface area contributed by atoms with Crippen molar-refractivity contribution in [3.8, 4) is 0 Å². The van der Waals surface area contributed by atoms with Gasteiger partial charge in [0.1, 0.15) is 0 Å². The molecule has 2 amide bonds. The Bertz CT molecular complexity index is 629. The largest absolute Gasteiger partial charge is 0.338 e. The molecule has 4 nitrogen and oxygen atoms in total. The second-order valence-electron chi connectivity index (χ2n) is 7.65. The quantitative estimate of drug-likeness (QED) is 0.839. The Morgan fingerprint density at radius 1 is 1.15 bits per heavy atom. The Kier molecular flexibility index (Phi) is 6.63. The highest BCUT2D eigenvalue weighted by Crippen LogP contribution is 2.36. The minimum absolute atomic E-state index is 0.0484. The first kappa shape index (κ1) is 19.3. The van der Waals surface area contributed by atoms with Crippen LogP contribution in [0.15, 0.2) is 24.3 Å². The van der Waals surface area contributed by atoms with Crippen LogP contribution >= 0.6 is 11.8 Å². The number of hydrogen-bond donors (Lipinski definition) is 1. The van der Waals surface area contributed by atoms with Gasteiger partial charge in [-0.3, -0.25) is 9.59 Å². The fourth-order valence-electron chi connectivity index (χ4n) is 4.24. The average Bonchev–Trinajstić information content (AvgIpc) is 2.67. The average molecular weight is 375 g/mol. The number of fused-ring (bicyclic) bond motifs is 1. The molecule has 3 unspecified atom stereocenters. The maximum Gasteiger partial charge on any atom is 0.235 e. The van der Waals surface area contributed by atoms with Gasteiger partial charge in [-0.1, -0.05) is 30.5 Å². The molecule has 0 spiro atoms. The third-order valence-electron chi connectivity index (χ3n) is 5.67. The van der Waals surface area contributed by atoms with E-state index in [0.717, 1.165) is 25.1 Å². The molecule has 142 valence electrons. The van der Waals surface area contributed by atoms with Crippen LogP contribution in [0.1, 0.15) is 51.0 Å². The highest BCUT2D eigenvalue weighted by Gasteiger charge is 2.37. The lowest BCUT2D eigenvalue weighted by Gasteiger charge is -2.45. The standard InChI is InChI=1S/C21H30N2O2S/c1-15-9-11-18(12-10-15)22-20(24)14-26-16(2)21(25)23-13-5-7-17-6-3-4-8-19(17)23/h9-12,16-17,19H,3-8,13-14H2,1-2H3,(H,22,24). The van der Waals surface area contributed by atoms with Crippen LogP contribution in [-0.4, -0.2) is 40.3 Å². The molecule has 1 N–H and O–H groups in total. The summed E-state index contributed by atoms with van der Waals surface area (Å²) in [5.74, 6) is 1.17. The molecule has 0 radical (unpaired) electrons. The number of amides is 2. The fraction of sp³-hybridized carbons (Fsp3) is 0.619. The number of aryl methyl sites for hydroxylation is 1. The molecule has 3 rings (SSSR count). The molecule has 1 heterocycles. The molecule has 2 aliphatic rings. The van der Waals surface area contributed by atoms with Gasteiger partial charge in [0.15, 0.2) is 0 Å². The normalized spacial score (nSPS) is 23.8. The van der Waals surface area contributed by atoms with Crippen LogP contribution < -0.4 is 5.32 Å². The molecule has 26 heavy (non-hydrogen) atoms. The zero-order valence-electron chi connectivity index (χ0n) is 15.9. The summed E-state index contributed by atoms with van der Waals surface area (Å²) in [5, 5.41) is 2.74. The van der Waals surface area contributed by atoms with Gasteiger partial charge >= 0.3 is 0 Å². The number of benzene rings is 1. The van der Waals surface area contributed by atoms with Crippen LogP contribution in [0.25, 0.3) is 0 Å². The summed E-state index contributed by atoms with van der Waals surface area (Å²) in [6.45, 7) is 4.85. The van der Waals surface area contributed by atoms with E-state index in [0.29, 0.717) is 17.7 Å². The molecule has 1 aromatic rings. The van der Waals surface area contributed by atoms with Gasteiger partial charge in [0.25, 0.3) is 0 Å². The number of carbonyl (C=O) groups excluding carboxylic acids is 2. The van der Waals surface area contributed by atoms with E-state index in [1.165, 1.54) is 43.0 Å². The maximum atomic E-state index is 12.9. The zero-order valence-corrected chi connectivity index (χ0v) is 16.7. The molecule has 0 bridgehead atoms. The molecule has 3 atom stereocenters. The number of thioether (sulfide) groups is 1. The van der Waals surface area contributed by atoms with Gasteiger partial charge in [0.2, 0.25) is 11.8 Å². The van der Waals surface area contributed by atoms with Crippen LogP contribution in [0.5, 0.6) is 0 Å². The summed E-state index contributed by atoms with van der Waals surface area (Å²) in [6.07, 6.45) is 7.38. The number of rotatable bonds is 5. The second kappa shape index (κ2) is 8.94. The van der Waals surface area contributed by atoms with Crippen LogP contribution in [0.2, 0.25) is 0 Å². The van der Waals surface area contributed by atoms with E-state index in [4.69, 9.17) is 0 Å². The van der Waals surface area contributed by atoms with E-state index in [-0.39, 0.29) is 17.1 Å². The summed E-state index contributed by atoms with van der Waals surface area (Å²) < 4.78 is 0. The third kappa shape index (κ3) is 4.81. The number of anilines is 1. The lowest BCUT2D eigenvalue weighted by atomic mass is 9.78. The molecule has 1 aliphatic carbocycles. The molecule has 1 aliphatic heterocycles. The van der Waals surface area contributed by atoms with E-state index in [1.54, 1.807) is 0 Å². The van der Waals surface area contributed by atoms with Crippen LogP contribution in [-0.2, 0) is 9.59 Å². The SMILES string of the molecule is Cc1ccc(NC(=O)CSC(C)C(=O)N2CCCC3CCCCC32)cc1. The first-order valence-corrected chi connectivity index (χ1v) is 10.9. The summed E-state index contributed by atoms with van der Waals surface area (Å²) >= 11 is 1.44. The van der Waals surface area contributed by atoms with Crippen molar-refractivity contribution >= 4 is 29.3 Å². The maximum absolute atomic E-state index is 12.9. The molecule has 1 saturated heterocycles. The van der Waals surface area contributed by atoms with E-state index in [9.17, 15) is 9.59 Å². The number of nitrogens with one attached hydrogen (secondary N) is 1. The minimum Gasteiger partial charge on any atom is -0.338 e. The fourth-order valence-corrected chi connectivity index (χ4v) is 4.99. The first-order chi connectivity index (χ1) is 12.5. The number of likely N-dealkylation sites (tertiary alicyclic amines) is 1. The highest BCUT2D eigenvalue weighted by atomic mass is 32.2. The Balaban J connectivity index is 1.49. The molecular formula is C21H30N2O2S. The molecular weight excluding hydrogens is 344 g/mol. The van der Waals surface area contributed by atoms with Crippen LogP contribution in [0.4, 0.5) is 5.69 Å². The third-order valence-corrected chi connectivity index (χ3v) is 6.80. The van der Waals surface area contributed by atoms with Crippen molar-refractivity contribution in [2.45, 2.75) is 63.7 Å². The molecule has 1 aromatic carbocycles. The van der Waals surface area contributed by atoms with Gasteiger partial charge in [0.05, 0.1) is 11.0 Å². The summed E-state index contributed by atoms with van der Waals surface area (Å²) in [6, 6.07) is 8.21. The van der Waals surface area contributed by atoms with E-state index < -0.39 is 0 Å². The Morgan fingerprint density at radius 3 is 2.62 bits per heavy atom. The minimum atomic E-state index is -0.167. The summed E-state index contributed by atoms with van der Waals surface area (Å²) in [4.78, 5) is 27.2. The highest BCUT2D eigenvalue weighted by molar-refractivity contribution is 8.01. The van der Waals surface area contributed by atoms with Gasteiger partial charge in [-0.15, -0.1) is 11.8 Å². The van der Waals surface area contributed by atoms with Crippen molar-refractivity contribution in [2.75, 3.05) is 17.6 Å². The van der Waals surface area contributed by atoms with Crippen molar-refractivity contribution in [3.05, 3.63) is 29.8 Å². The van der Waals surface area contributed by atoms with Crippen LogP contribution in [0, 0.1) is 12.8 Å². The van der Waals surface area contributed by atoms with Gasteiger partial charge in [-0.05, 0) is 57.6 Å². The predicted octanol–water partition coefficient (Wildman–Crippen LogP) is 4.24. The van der Waals surface area contributed by atoms with Crippen molar-refractivity contribution in [3.63, 3.8) is 0 Å². The number of hydrogen-bond acceptors (Lipinski definition) is 3. The van der Waals surface area contributed by atoms with E-state index in [2.05, 4.69) is 10.2 Å². The van der Waals surface area contributed by atoms with Crippen molar-refractivity contribution < 1.29 is 9.59 Å². The number of carbonyl (C=O) groups is 2. The van der Waals surface area contributed by atoms with Gasteiger partial charge in [-0.25, -0.2) is 0 Å². The summed E-state index contributed by atoms with van der Waals surface area (Å²) in [7, 11) is 0. The molecule has 1 saturated carbocycles. The smallest absolute Gasteiger partial charge is 0.235 e. The Hall–Kier alpha value is -1.49. The first-order valence-electron chi connectivity index (χ1n) is 9.83. The topological polar surface area (TPSA) is 49.4 Å². The Morgan fingerprint density at radius 2 is 1.85 bits per heavy atom. The van der Waals surface area contributed by atoms with E-state index >= 15 is 0 Å². The van der Waals surface area contributed by atoms with Crippen molar-refractivity contribution in [2.24, 2.45) is 5.92 Å². The zero-order chi connectivity index (χ0) is 18.5. The number of piperidine rings is 1. The van der Waals surface area contributed by atoms with Gasteiger partial charge in [0, 0.05) is 18.3 Å². The van der Waals surface area contributed by atoms with Gasteiger partial charge < -0.3 is 10.2 Å². The lowest BCUT2D eigenvalue weighted by molar-refractivity contribution is -0.136. The monoisotopic (exact) mass is 374 g/mol. The van der Waals surface area contributed by atoms with Gasteiger partial charge in [-0.2, -0.15) is 0 Å². The lowest BCUT2D eigenvalue weighted by Crippen LogP contribution is -2.51. The second-order valence-corrected chi connectivity index (χ2v) is 8.98. The van der Waals surface area contributed by atoms with E-state index in [1.807, 2.05) is 38.1 Å². The number of nitrogens with zero attached hydrogens (tertiary/aromatic N) is 1. The molecule has 5 heteroatoms. The summed E-state index contributed by atoms with van der Waals surface area (Å²) in [5.41, 5.74) is 1.97. The Labute approximate surface area is 161 Å². The van der Waals surface area contributed by atoms with Crippen molar-refractivity contribution in [1.29, 1.82) is 0 Å². The van der Waals surface area contributed by atoms with Crippen LogP contribution in [0.3, 0.4) is 0 Å². The molecule has 2 fully saturated rings. The van der Waals surface area contributed by atoms with Crippen molar-refractivity contribution in [1.82, 2.24) is 4.90 Å². The predicted molar refractivity (Wildman–Crippen MR) is 108 cm³/mol.